The lowest BCUT2D eigenvalue weighted by molar-refractivity contribution is 0.163. The number of thioether (sulfide) groups is 1. The fraction of sp³-hybridized carbons (Fsp3) is 0.650. The molecule has 4 nitrogen and oxygen atoms in total. The molecule has 0 spiro atoms. The first kappa shape index (κ1) is 18.6. The van der Waals surface area contributed by atoms with Crippen LogP contribution >= 0.6 is 11.8 Å². The van der Waals surface area contributed by atoms with E-state index in [1.54, 1.807) is 0 Å². The van der Waals surface area contributed by atoms with Crippen LogP contribution in [-0.4, -0.2) is 41.4 Å². The van der Waals surface area contributed by atoms with Gasteiger partial charge in [-0.3, -0.25) is 0 Å². The Morgan fingerprint density at radius 1 is 1.08 bits per heavy atom. The smallest absolute Gasteiger partial charge is 0.319 e. The molecule has 5 heteroatoms. The number of hydrogen-bond donors (Lipinski definition) is 2. The second-order valence-electron chi connectivity index (χ2n) is 7.55. The molecule has 1 aromatic carbocycles. The molecule has 1 aliphatic heterocycles. The molecule has 2 amide bonds. The third-order valence-corrected chi connectivity index (χ3v) is 6.66. The number of nitrogens with zero attached hydrogens (tertiary/aromatic N) is 1. The highest BCUT2D eigenvalue weighted by atomic mass is 32.2. The Bertz CT molecular complexity index is 547. The van der Waals surface area contributed by atoms with Crippen molar-refractivity contribution in [2.24, 2.45) is 0 Å². The molecule has 2 N–H and O–H groups in total. The molecule has 1 heterocycles. The van der Waals surface area contributed by atoms with Crippen molar-refractivity contribution in [3.8, 4) is 0 Å². The molecular formula is C20H31N3OS. The topological polar surface area (TPSA) is 44.4 Å². The number of amides is 2. The summed E-state index contributed by atoms with van der Waals surface area (Å²) in [4.78, 5) is 16.0. The Hall–Kier alpha value is -1.20. The van der Waals surface area contributed by atoms with Crippen molar-refractivity contribution in [1.82, 2.24) is 10.2 Å². The third kappa shape index (κ3) is 5.65. The summed E-state index contributed by atoms with van der Waals surface area (Å²) < 4.78 is 0. The van der Waals surface area contributed by atoms with E-state index in [4.69, 9.17) is 0 Å². The second-order valence-corrected chi connectivity index (χ2v) is 8.92. The van der Waals surface area contributed by atoms with Crippen molar-refractivity contribution < 1.29 is 4.79 Å². The molecule has 1 aliphatic carbocycles. The van der Waals surface area contributed by atoms with E-state index in [0.717, 1.165) is 36.9 Å². The fourth-order valence-corrected chi connectivity index (χ4v) is 4.98. The molecule has 0 radical (unpaired) electrons. The summed E-state index contributed by atoms with van der Waals surface area (Å²) >= 11 is 1.98. The summed E-state index contributed by atoms with van der Waals surface area (Å²) in [7, 11) is 0. The number of rotatable bonds is 5. The molecule has 1 saturated heterocycles. The van der Waals surface area contributed by atoms with Gasteiger partial charge in [-0.2, -0.15) is 0 Å². The van der Waals surface area contributed by atoms with Gasteiger partial charge in [-0.15, -0.1) is 11.8 Å². The zero-order valence-electron chi connectivity index (χ0n) is 15.5. The first-order valence-electron chi connectivity index (χ1n) is 9.68. The summed E-state index contributed by atoms with van der Waals surface area (Å²) in [5, 5.41) is 6.87. The maximum atomic E-state index is 12.2. The van der Waals surface area contributed by atoms with Crippen LogP contribution in [0.25, 0.3) is 0 Å². The Labute approximate surface area is 156 Å². The number of hydrogen-bond acceptors (Lipinski definition) is 3. The van der Waals surface area contributed by atoms with E-state index < -0.39 is 0 Å². The average Bonchev–Trinajstić information content (AvgIpc) is 3.10. The fourth-order valence-electron chi connectivity index (χ4n) is 3.73. The van der Waals surface area contributed by atoms with Crippen LogP contribution in [0.15, 0.2) is 29.2 Å². The molecule has 0 bridgehead atoms. The number of nitrogens with one attached hydrogen (secondary N) is 2. The normalized spacial score (nSPS) is 20.1. The molecule has 2 aliphatic rings. The first-order chi connectivity index (χ1) is 12.1. The number of carbonyl (C=O) groups is 1. The van der Waals surface area contributed by atoms with E-state index in [1.807, 2.05) is 23.9 Å². The van der Waals surface area contributed by atoms with Crippen molar-refractivity contribution in [3.05, 3.63) is 24.3 Å². The molecule has 25 heavy (non-hydrogen) atoms. The lowest BCUT2D eigenvalue weighted by atomic mass is 10.0. The molecule has 1 aromatic rings. The Balaban J connectivity index is 1.42. The minimum absolute atomic E-state index is 0.0841. The van der Waals surface area contributed by atoms with Gasteiger partial charge in [-0.1, -0.05) is 12.8 Å². The first-order valence-corrected chi connectivity index (χ1v) is 10.6. The van der Waals surface area contributed by atoms with Crippen molar-refractivity contribution in [2.45, 2.75) is 74.6 Å². The van der Waals surface area contributed by atoms with E-state index in [9.17, 15) is 4.79 Å². The molecule has 0 unspecified atom stereocenters. The zero-order chi connectivity index (χ0) is 17.6. The average molecular weight is 362 g/mol. The Morgan fingerprint density at radius 3 is 2.32 bits per heavy atom. The van der Waals surface area contributed by atoms with Gasteiger partial charge in [0.15, 0.2) is 0 Å². The highest BCUT2D eigenvalue weighted by Crippen LogP contribution is 2.34. The lowest BCUT2D eigenvalue weighted by Gasteiger charge is -2.34. The van der Waals surface area contributed by atoms with Gasteiger partial charge in [-0.25, -0.2) is 4.79 Å². The second kappa shape index (κ2) is 8.95. The maximum absolute atomic E-state index is 12.2. The van der Waals surface area contributed by atoms with Crippen LogP contribution in [0.2, 0.25) is 0 Å². The van der Waals surface area contributed by atoms with Crippen LogP contribution in [-0.2, 0) is 0 Å². The van der Waals surface area contributed by atoms with E-state index in [-0.39, 0.29) is 12.1 Å². The Kier molecular flexibility index (Phi) is 6.65. The Morgan fingerprint density at radius 2 is 1.72 bits per heavy atom. The van der Waals surface area contributed by atoms with Crippen molar-refractivity contribution in [1.29, 1.82) is 0 Å². The van der Waals surface area contributed by atoms with Crippen LogP contribution < -0.4 is 10.6 Å². The highest BCUT2D eigenvalue weighted by Gasteiger charge is 2.22. The SMILES string of the molecule is CC(C)N1CCC(NC(=O)Nc2ccc(SC3CCCC3)cc2)CC1. The van der Waals surface area contributed by atoms with Gasteiger partial charge in [0, 0.05) is 41.0 Å². The molecular weight excluding hydrogens is 330 g/mol. The summed E-state index contributed by atoms with van der Waals surface area (Å²) in [6.45, 7) is 6.59. The number of benzene rings is 1. The maximum Gasteiger partial charge on any atom is 0.319 e. The predicted octanol–water partition coefficient (Wildman–Crippen LogP) is 4.72. The van der Waals surface area contributed by atoms with Gasteiger partial charge in [0.2, 0.25) is 0 Å². The zero-order valence-corrected chi connectivity index (χ0v) is 16.3. The number of likely N-dealkylation sites (tertiary alicyclic amines) is 1. The standard InChI is InChI=1S/C20H31N3OS/c1-15(2)23-13-11-17(12-14-23)22-20(24)21-16-7-9-19(10-8-16)25-18-5-3-4-6-18/h7-10,15,17-18H,3-6,11-14H2,1-2H3,(H2,21,22,24). The summed E-state index contributed by atoms with van der Waals surface area (Å²) in [6, 6.07) is 9.07. The summed E-state index contributed by atoms with van der Waals surface area (Å²) in [6.07, 6.45) is 7.47. The number of carbonyl (C=O) groups excluding carboxylic acids is 1. The number of piperidine rings is 1. The van der Waals surface area contributed by atoms with Crippen molar-refractivity contribution in [2.75, 3.05) is 18.4 Å². The van der Waals surface area contributed by atoms with E-state index in [2.05, 4.69) is 41.5 Å². The number of anilines is 1. The highest BCUT2D eigenvalue weighted by molar-refractivity contribution is 8.00. The van der Waals surface area contributed by atoms with Crippen LogP contribution in [0.4, 0.5) is 10.5 Å². The number of urea groups is 1. The van der Waals surface area contributed by atoms with Crippen molar-refractivity contribution in [3.63, 3.8) is 0 Å². The summed E-state index contributed by atoms with van der Waals surface area (Å²) in [5.41, 5.74) is 0.868. The van der Waals surface area contributed by atoms with E-state index >= 15 is 0 Å². The van der Waals surface area contributed by atoms with Crippen LogP contribution in [0.5, 0.6) is 0 Å². The predicted molar refractivity (Wildman–Crippen MR) is 106 cm³/mol. The molecule has 2 fully saturated rings. The minimum Gasteiger partial charge on any atom is -0.335 e. The minimum atomic E-state index is -0.0841. The molecule has 138 valence electrons. The van der Waals surface area contributed by atoms with E-state index in [0.29, 0.717) is 6.04 Å². The van der Waals surface area contributed by atoms with Gasteiger partial charge in [0.25, 0.3) is 0 Å². The summed E-state index contributed by atoms with van der Waals surface area (Å²) in [5.74, 6) is 0. The monoisotopic (exact) mass is 361 g/mol. The quantitative estimate of drug-likeness (QED) is 0.798. The lowest BCUT2D eigenvalue weighted by Crippen LogP contribution is -2.47. The van der Waals surface area contributed by atoms with Gasteiger partial charge in [0.05, 0.1) is 0 Å². The van der Waals surface area contributed by atoms with Crippen LogP contribution in [0.3, 0.4) is 0 Å². The molecule has 3 rings (SSSR count). The molecule has 1 saturated carbocycles. The largest absolute Gasteiger partial charge is 0.335 e. The van der Waals surface area contributed by atoms with Gasteiger partial charge < -0.3 is 15.5 Å². The molecule has 0 aromatic heterocycles. The van der Waals surface area contributed by atoms with Gasteiger partial charge in [-0.05, 0) is 63.8 Å². The van der Waals surface area contributed by atoms with Crippen molar-refractivity contribution >= 4 is 23.5 Å². The third-order valence-electron chi connectivity index (χ3n) is 5.31. The van der Waals surface area contributed by atoms with Crippen LogP contribution in [0.1, 0.15) is 52.4 Å². The van der Waals surface area contributed by atoms with E-state index in [1.165, 1.54) is 30.6 Å². The molecule has 0 atom stereocenters. The van der Waals surface area contributed by atoms with Gasteiger partial charge >= 0.3 is 6.03 Å². The van der Waals surface area contributed by atoms with Gasteiger partial charge in [0.1, 0.15) is 0 Å². The van der Waals surface area contributed by atoms with Crippen LogP contribution in [0, 0.1) is 0 Å².